The van der Waals surface area contributed by atoms with Gasteiger partial charge in [0.2, 0.25) is 0 Å². The predicted octanol–water partition coefficient (Wildman–Crippen LogP) is 1.42. The number of aromatic nitrogens is 3. The van der Waals surface area contributed by atoms with Gasteiger partial charge in [-0.2, -0.15) is 0 Å². The second-order valence-corrected chi connectivity index (χ2v) is 4.03. The summed E-state index contributed by atoms with van der Waals surface area (Å²) >= 11 is 0. The molecule has 78 valence electrons. The number of fused-ring (bicyclic) bond motifs is 1. The van der Waals surface area contributed by atoms with E-state index in [1.54, 1.807) is 0 Å². The molecule has 4 nitrogen and oxygen atoms in total. The van der Waals surface area contributed by atoms with Crippen LogP contribution in [0.4, 0.5) is 0 Å². The predicted molar refractivity (Wildman–Crippen MR) is 58.7 cm³/mol. The summed E-state index contributed by atoms with van der Waals surface area (Å²) in [7, 11) is 0. The molecule has 1 fully saturated rings. The van der Waals surface area contributed by atoms with Gasteiger partial charge >= 0.3 is 0 Å². The molecule has 15 heavy (non-hydrogen) atoms. The van der Waals surface area contributed by atoms with Crippen LogP contribution in [0.2, 0.25) is 0 Å². The molecule has 1 saturated heterocycles. The van der Waals surface area contributed by atoms with E-state index in [0.29, 0.717) is 5.92 Å². The van der Waals surface area contributed by atoms with Crippen molar-refractivity contribution in [1.82, 2.24) is 20.3 Å². The van der Waals surface area contributed by atoms with Crippen LogP contribution in [-0.4, -0.2) is 28.0 Å². The van der Waals surface area contributed by atoms with Crippen LogP contribution < -0.4 is 5.32 Å². The SMILES string of the molecule is c1cc2nc(C3CCNCC3)cnc2[nH]1. The molecular formula is C11H14N4. The molecular weight excluding hydrogens is 188 g/mol. The van der Waals surface area contributed by atoms with Gasteiger partial charge in [0.1, 0.15) is 5.52 Å². The van der Waals surface area contributed by atoms with E-state index in [2.05, 4.69) is 20.3 Å². The Morgan fingerprint density at radius 3 is 3.00 bits per heavy atom. The largest absolute Gasteiger partial charge is 0.345 e. The molecule has 0 amide bonds. The Morgan fingerprint density at radius 2 is 2.13 bits per heavy atom. The minimum Gasteiger partial charge on any atom is -0.345 e. The monoisotopic (exact) mass is 202 g/mol. The second-order valence-electron chi connectivity index (χ2n) is 4.03. The van der Waals surface area contributed by atoms with Gasteiger partial charge in [-0.3, -0.25) is 0 Å². The molecule has 4 heteroatoms. The normalized spacial score (nSPS) is 18.4. The van der Waals surface area contributed by atoms with Crippen molar-refractivity contribution in [3.05, 3.63) is 24.2 Å². The number of hydrogen-bond acceptors (Lipinski definition) is 3. The molecule has 0 atom stereocenters. The molecule has 1 aliphatic rings. The zero-order valence-corrected chi connectivity index (χ0v) is 8.53. The van der Waals surface area contributed by atoms with Crippen molar-refractivity contribution in [2.24, 2.45) is 0 Å². The molecule has 0 radical (unpaired) electrons. The van der Waals surface area contributed by atoms with E-state index in [1.807, 2.05) is 18.5 Å². The first-order valence-corrected chi connectivity index (χ1v) is 5.44. The van der Waals surface area contributed by atoms with Gasteiger partial charge < -0.3 is 10.3 Å². The molecule has 0 saturated carbocycles. The van der Waals surface area contributed by atoms with Gasteiger partial charge in [-0.05, 0) is 32.0 Å². The van der Waals surface area contributed by atoms with Gasteiger partial charge in [0.05, 0.1) is 11.9 Å². The Morgan fingerprint density at radius 1 is 1.27 bits per heavy atom. The van der Waals surface area contributed by atoms with Gasteiger partial charge in [-0.15, -0.1) is 0 Å². The van der Waals surface area contributed by atoms with E-state index >= 15 is 0 Å². The Kier molecular flexibility index (Phi) is 2.14. The van der Waals surface area contributed by atoms with Crippen molar-refractivity contribution in [3.63, 3.8) is 0 Å². The van der Waals surface area contributed by atoms with Gasteiger partial charge in [0.15, 0.2) is 5.65 Å². The fraction of sp³-hybridized carbons (Fsp3) is 0.455. The lowest BCUT2D eigenvalue weighted by Crippen LogP contribution is -2.27. The van der Waals surface area contributed by atoms with Crippen LogP contribution in [0.3, 0.4) is 0 Å². The summed E-state index contributed by atoms with van der Waals surface area (Å²) in [6, 6.07) is 1.98. The summed E-state index contributed by atoms with van der Waals surface area (Å²) in [5.41, 5.74) is 3.00. The zero-order chi connectivity index (χ0) is 10.1. The number of H-pyrrole nitrogens is 1. The highest BCUT2D eigenvalue weighted by Gasteiger charge is 2.17. The Labute approximate surface area is 88.1 Å². The second kappa shape index (κ2) is 3.62. The average molecular weight is 202 g/mol. The van der Waals surface area contributed by atoms with Gasteiger partial charge in [-0.25, -0.2) is 9.97 Å². The maximum Gasteiger partial charge on any atom is 0.156 e. The number of rotatable bonds is 1. The highest BCUT2D eigenvalue weighted by molar-refractivity contribution is 5.69. The van der Waals surface area contributed by atoms with E-state index in [4.69, 9.17) is 0 Å². The highest BCUT2D eigenvalue weighted by atomic mass is 14.9. The Hall–Kier alpha value is -1.42. The van der Waals surface area contributed by atoms with Crippen molar-refractivity contribution in [2.45, 2.75) is 18.8 Å². The molecule has 2 N–H and O–H groups in total. The molecule has 1 aliphatic heterocycles. The Balaban J connectivity index is 1.95. The number of aromatic amines is 1. The summed E-state index contributed by atoms with van der Waals surface area (Å²) in [5, 5.41) is 3.36. The summed E-state index contributed by atoms with van der Waals surface area (Å²) in [5.74, 6) is 0.582. The quantitative estimate of drug-likeness (QED) is 0.735. The smallest absolute Gasteiger partial charge is 0.156 e. The minimum absolute atomic E-state index is 0.582. The maximum atomic E-state index is 4.64. The first kappa shape index (κ1) is 8.85. The van der Waals surface area contributed by atoms with Gasteiger partial charge in [-0.1, -0.05) is 0 Å². The lowest BCUT2D eigenvalue weighted by atomic mass is 9.95. The molecule has 0 aliphatic carbocycles. The van der Waals surface area contributed by atoms with Crippen LogP contribution in [-0.2, 0) is 0 Å². The van der Waals surface area contributed by atoms with E-state index in [1.165, 1.54) is 12.8 Å². The van der Waals surface area contributed by atoms with Crippen LogP contribution >= 0.6 is 0 Å². The maximum absolute atomic E-state index is 4.64. The van der Waals surface area contributed by atoms with Crippen LogP contribution in [0.5, 0.6) is 0 Å². The first-order chi connectivity index (χ1) is 7.43. The standard InChI is InChI=1S/C11H14N4/c1-4-12-5-2-8(1)10-7-14-11-9(15-10)3-6-13-11/h3,6-8,12H,1-2,4-5H2,(H,13,14). The summed E-state index contributed by atoms with van der Waals surface area (Å²) < 4.78 is 0. The summed E-state index contributed by atoms with van der Waals surface area (Å²) in [6.07, 6.45) is 6.14. The summed E-state index contributed by atoms with van der Waals surface area (Å²) in [4.78, 5) is 12.1. The lowest BCUT2D eigenvalue weighted by Gasteiger charge is -2.21. The molecule has 0 unspecified atom stereocenters. The van der Waals surface area contributed by atoms with E-state index in [-0.39, 0.29) is 0 Å². The number of nitrogens with one attached hydrogen (secondary N) is 2. The fourth-order valence-electron chi connectivity index (χ4n) is 2.16. The summed E-state index contributed by atoms with van der Waals surface area (Å²) in [6.45, 7) is 2.19. The number of piperidine rings is 1. The molecule has 0 bridgehead atoms. The first-order valence-electron chi connectivity index (χ1n) is 5.44. The van der Waals surface area contributed by atoms with Crippen molar-refractivity contribution >= 4 is 11.2 Å². The number of hydrogen-bond donors (Lipinski definition) is 2. The number of nitrogens with zero attached hydrogens (tertiary/aromatic N) is 2. The Bertz CT molecular complexity index is 456. The lowest BCUT2D eigenvalue weighted by molar-refractivity contribution is 0.453. The molecule has 2 aromatic rings. The van der Waals surface area contributed by atoms with Crippen molar-refractivity contribution in [1.29, 1.82) is 0 Å². The third kappa shape index (κ3) is 1.61. The third-order valence-corrected chi connectivity index (χ3v) is 3.04. The van der Waals surface area contributed by atoms with Crippen LogP contribution in [0.15, 0.2) is 18.5 Å². The fourth-order valence-corrected chi connectivity index (χ4v) is 2.16. The van der Waals surface area contributed by atoms with Crippen molar-refractivity contribution < 1.29 is 0 Å². The van der Waals surface area contributed by atoms with Crippen LogP contribution in [0.1, 0.15) is 24.5 Å². The highest BCUT2D eigenvalue weighted by Crippen LogP contribution is 2.23. The average Bonchev–Trinajstić information content (AvgIpc) is 2.77. The van der Waals surface area contributed by atoms with Crippen molar-refractivity contribution in [2.75, 3.05) is 13.1 Å². The van der Waals surface area contributed by atoms with Crippen LogP contribution in [0.25, 0.3) is 11.2 Å². The topological polar surface area (TPSA) is 53.6 Å². The zero-order valence-electron chi connectivity index (χ0n) is 8.53. The molecule has 2 aromatic heterocycles. The van der Waals surface area contributed by atoms with E-state index < -0.39 is 0 Å². The third-order valence-electron chi connectivity index (χ3n) is 3.04. The van der Waals surface area contributed by atoms with Gasteiger partial charge in [0, 0.05) is 12.1 Å². The van der Waals surface area contributed by atoms with E-state index in [0.717, 1.165) is 29.9 Å². The van der Waals surface area contributed by atoms with E-state index in [9.17, 15) is 0 Å². The molecule has 3 heterocycles. The van der Waals surface area contributed by atoms with Crippen LogP contribution in [0, 0.1) is 0 Å². The van der Waals surface area contributed by atoms with Gasteiger partial charge in [0.25, 0.3) is 0 Å². The molecule has 0 spiro atoms. The minimum atomic E-state index is 0.582. The molecule has 3 rings (SSSR count). The van der Waals surface area contributed by atoms with Crippen molar-refractivity contribution in [3.8, 4) is 0 Å². The molecule has 0 aromatic carbocycles.